The number of nitrogens with zero attached hydrogens (tertiary/aromatic N) is 1. The van der Waals surface area contributed by atoms with Gasteiger partial charge in [0, 0.05) is 6.54 Å². The summed E-state index contributed by atoms with van der Waals surface area (Å²) >= 11 is 0. The Hall–Kier alpha value is -3.47. The molecule has 3 aromatic rings. The number of rotatable bonds is 5. The van der Waals surface area contributed by atoms with E-state index in [1.54, 1.807) is 31.2 Å². The topological polar surface area (TPSA) is 66.5 Å². The van der Waals surface area contributed by atoms with Crippen molar-refractivity contribution >= 4 is 28.5 Å². The lowest BCUT2D eigenvalue weighted by Crippen LogP contribution is -2.48. The zero-order valence-electron chi connectivity index (χ0n) is 15.5. The summed E-state index contributed by atoms with van der Waals surface area (Å²) in [6, 6.07) is 20.0. The Morgan fingerprint density at radius 1 is 0.893 bits per heavy atom. The molecule has 4 rings (SSSR count). The van der Waals surface area contributed by atoms with Crippen LogP contribution in [0.1, 0.15) is 33.2 Å². The molecule has 0 fully saturated rings. The highest BCUT2D eigenvalue weighted by molar-refractivity contribution is 6.22. The minimum atomic E-state index is -0.861. The van der Waals surface area contributed by atoms with Crippen LogP contribution in [0, 0.1) is 0 Å². The summed E-state index contributed by atoms with van der Waals surface area (Å²) in [5.74, 6) is -1.18. The molecule has 3 aromatic carbocycles. The van der Waals surface area contributed by atoms with Crippen LogP contribution in [0.5, 0.6) is 0 Å². The van der Waals surface area contributed by atoms with Gasteiger partial charge in [-0.1, -0.05) is 54.6 Å². The first-order chi connectivity index (χ1) is 13.6. The fourth-order valence-corrected chi connectivity index (χ4v) is 3.66. The van der Waals surface area contributed by atoms with E-state index in [1.165, 1.54) is 0 Å². The number of carbonyl (C=O) groups excluding carboxylic acids is 3. The fraction of sp³-hybridized carbons (Fsp3) is 0.174. The predicted octanol–water partition coefficient (Wildman–Crippen LogP) is 3.18. The lowest BCUT2D eigenvalue weighted by Gasteiger charge is -2.21. The maximum atomic E-state index is 12.6. The third-order valence-electron chi connectivity index (χ3n) is 5.17. The number of fused-ring (bicyclic) bond motifs is 2. The van der Waals surface area contributed by atoms with E-state index in [4.69, 9.17) is 0 Å². The number of carbonyl (C=O) groups is 3. The van der Waals surface area contributed by atoms with Gasteiger partial charge in [0.25, 0.3) is 11.8 Å². The fourth-order valence-electron chi connectivity index (χ4n) is 3.66. The first-order valence-electron chi connectivity index (χ1n) is 9.29. The molecule has 0 spiro atoms. The number of hydrogen-bond acceptors (Lipinski definition) is 3. The summed E-state index contributed by atoms with van der Waals surface area (Å²) < 4.78 is 0. The van der Waals surface area contributed by atoms with Crippen molar-refractivity contribution in [3.05, 3.63) is 83.4 Å². The lowest BCUT2D eigenvalue weighted by molar-refractivity contribution is -0.124. The highest BCUT2D eigenvalue weighted by Crippen LogP contribution is 2.24. The first kappa shape index (κ1) is 17.9. The first-order valence-corrected chi connectivity index (χ1v) is 9.29. The predicted molar refractivity (Wildman–Crippen MR) is 107 cm³/mol. The molecule has 5 heteroatoms. The monoisotopic (exact) mass is 372 g/mol. The van der Waals surface area contributed by atoms with Crippen molar-refractivity contribution in [3.8, 4) is 0 Å². The Bertz CT molecular complexity index is 1050. The molecule has 0 aliphatic carbocycles. The zero-order valence-corrected chi connectivity index (χ0v) is 15.5. The number of benzene rings is 3. The maximum absolute atomic E-state index is 12.6. The van der Waals surface area contributed by atoms with E-state index in [0.29, 0.717) is 24.1 Å². The van der Waals surface area contributed by atoms with Gasteiger partial charge < -0.3 is 5.32 Å². The average molecular weight is 372 g/mol. The summed E-state index contributed by atoms with van der Waals surface area (Å²) in [6.45, 7) is 2.01. The molecule has 0 aromatic heterocycles. The third-order valence-corrected chi connectivity index (χ3v) is 5.17. The second-order valence-electron chi connectivity index (χ2n) is 6.88. The Kier molecular flexibility index (Phi) is 4.65. The maximum Gasteiger partial charge on any atom is 0.262 e. The van der Waals surface area contributed by atoms with Gasteiger partial charge in [0.2, 0.25) is 5.91 Å². The molecule has 1 unspecified atom stereocenters. The Morgan fingerprint density at radius 2 is 1.50 bits per heavy atom. The van der Waals surface area contributed by atoms with Crippen molar-refractivity contribution in [2.45, 2.75) is 19.4 Å². The molecule has 1 heterocycles. The van der Waals surface area contributed by atoms with E-state index in [1.807, 2.05) is 24.3 Å². The SMILES string of the molecule is CC(C(=O)NCCc1cccc2ccccc12)N1C(=O)c2ccccc2C1=O. The van der Waals surface area contributed by atoms with Gasteiger partial charge in [-0.3, -0.25) is 19.3 Å². The average Bonchev–Trinajstić information content (AvgIpc) is 2.98. The Labute approximate surface area is 163 Å². The highest BCUT2D eigenvalue weighted by Gasteiger charge is 2.40. The second kappa shape index (κ2) is 7.27. The van der Waals surface area contributed by atoms with Gasteiger partial charge in [0.1, 0.15) is 6.04 Å². The van der Waals surface area contributed by atoms with Crippen LogP contribution in [-0.2, 0) is 11.2 Å². The molecule has 1 aliphatic rings. The van der Waals surface area contributed by atoms with Crippen LogP contribution in [-0.4, -0.2) is 35.2 Å². The van der Waals surface area contributed by atoms with Crippen molar-refractivity contribution in [2.75, 3.05) is 6.54 Å². The summed E-state index contributed by atoms with van der Waals surface area (Å²) in [7, 11) is 0. The van der Waals surface area contributed by atoms with E-state index in [0.717, 1.165) is 21.2 Å². The van der Waals surface area contributed by atoms with Crippen molar-refractivity contribution in [1.82, 2.24) is 10.2 Å². The minimum Gasteiger partial charge on any atom is -0.354 e. The van der Waals surface area contributed by atoms with Crippen LogP contribution in [0.4, 0.5) is 0 Å². The van der Waals surface area contributed by atoms with Crippen molar-refractivity contribution in [2.24, 2.45) is 0 Å². The van der Waals surface area contributed by atoms with E-state index < -0.39 is 17.9 Å². The number of nitrogens with one attached hydrogen (secondary N) is 1. The number of amides is 3. The highest BCUT2D eigenvalue weighted by atomic mass is 16.2. The van der Waals surface area contributed by atoms with Gasteiger partial charge in [0.15, 0.2) is 0 Å². The molecule has 0 radical (unpaired) electrons. The van der Waals surface area contributed by atoms with Gasteiger partial charge in [-0.05, 0) is 41.8 Å². The zero-order chi connectivity index (χ0) is 19.7. The van der Waals surface area contributed by atoms with Crippen molar-refractivity contribution in [1.29, 1.82) is 0 Å². The van der Waals surface area contributed by atoms with Crippen molar-refractivity contribution in [3.63, 3.8) is 0 Å². The second-order valence-corrected chi connectivity index (χ2v) is 6.88. The molecule has 1 N–H and O–H groups in total. The van der Waals surface area contributed by atoms with Gasteiger partial charge in [-0.25, -0.2) is 0 Å². The molecule has 0 saturated carbocycles. The summed E-state index contributed by atoms with van der Waals surface area (Å²) in [5.41, 5.74) is 1.84. The van der Waals surface area contributed by atoms with E-state index >= 15 is 0 Å². The van der Waals surface area contributed by atoms with Crippen LogP contribution in [0.15, 0.2) is 66.7 Å². The lowest BCUT2D eigenvalue weighted by atomic mass is 10.0. The normalized spacial score (nSPS) is 14.2. The number of hydrogen-bond donors (Lipinski definition) is 1. The molecule has 28 heavy (non-hydrogen) atoms. The Balaban J connectivity index is 1.42. The molecular weight excluding hydrogens is 352 g/mol. The number of imide groups is 1. The summed E-state index contributed by atoms with van der Waals surface area (Å²) in [6.07, 6.45) is 0.669. The van der Waals surface area contributed by atoms with Crippen LogP contribution < -0.4 is 5.32 Å². The van der Waals surface area contributed by atoms with Gasteiger partial charge >= 0.3 is 0 Å². The standard InChI is InChI=1S/C23H20N2O3/c1-15(25-22(27)19-11-4-5-12-20(19)23(25)28)21(26)24-14-13-17-9-6-8-16-7-2-3-10-18(16)17/h2-12,15H,13-14H2,1H3,(H,24,26). The van der Waals surface area contributed by atoms with E-state index in [9.17, 15) is 14.4 Å². The van der Waals surface area contributed by atoms with E-state index in [2.05, 4.69) is 23.5 Å². The van der Waals surface area contributed by atoms with E-state index in [-0.39, 0.29) is 5.91 Å². The third kappa shape index (κ3) is 3.05. The molecule has 0 saturated heterocycles. The molecule has 1 atom stereocenters. The molecule has 3 amide bonds. The molecule has 0 bridgehead atoms. The van der Waals surface area contributed by atoms with Gasteiger partial charge in [-0.2, -0.15) is 0 Å². The molecule has 1 aliphatic heterocycles. The smallest absolute Gasteiger partial charge is 0.262 e. The molecule has 140 valence electrons. The minimum absolute atomic E-state index is 0.338. The van der Waals surface area contributed by atoms with Crippen LogP contribution >= 0.6 is 0 Å². The summed E-state index contributed by atoms with van der Waals surface area (Å²) in [4.78, 5) is 38.6. The molecular formula is C23H20N2O3. The Morgan fingerprint density at radius 3 is 2.21 bits per heavy atom. The molecule has 5 nitrogen and oxygen atoms in total. The van der Waals surface area contributed by atoms with Crippen molar-refractivity contribution < 1.29 is 14.4 Å². The van der Waals surface area contributed by atoms with Crippen LogP contribution in [0.2, 0.25) is 0 Å². The van der Waals surface area contributed by atoms with Crippen LogP contribution in [0.3, 0.4) is 0 Å². The van der Waals surface area contributed by atoms with Crippen LogP contribution in [0.25, 0.3) is 10.8 Å². The van der Waals surface area contributed by atoms with Gasteiger partial charge in [0.05, 0.1) is 11.1 Å². The largest absolute Gasteiger partial charge is 0.354 e. The quantitative estimate of drug-likeness (QED) is 0.700. The summed E-state index contributed by atoms with van der Waals surface area (Å²) in [5, 5.41) is 5.17. The van der Waals surface area contributed by atoms with Gasteiger partial charge in [-0.15, -0.1) is 0 Å².